The van der Waals surface area contributed by atoms with Crippen LogP contribution >= 0.6 is 0 Å². The van der Waals surface area contributed by atoms with Crippen molar-refractivity contribution in [2.75, 3.05) is 33.2 Å². The quantitative estimate of drug-likeness (QED) is 0.348. The first-order valence-electron chi connectivity index (χ1n) is 9.94. The van der Waals surface area contributed by atoms with Crippen LogP contribution in [0.25, 0.3) is 0 Å². The minimum Gasteiger partial charge on any atom is -0.352 e. The smallest absolute Gasteiger partial charge is 0.352 e. The number of benzene rings is 1. The van der Waals surface area contributed by atoms with Gasteiger partial charge in [0.05, 0.1) is 6.54 Å². The van der Waals surface area contributed by atoms with Gasteiger partial charge in [-0.1, -0.05) is 25.5 Å². The summed E-state index contributed by atoms with van der Waals surface area (Å²) in [6.07, 6.45) is -1.55. The van der Waals surface area contributed by atoms with Crippen molar-refractivity contribution in [2.24, 2.45) is 4.99 Å². The fourth-order valence-corrected chi connectivity index (χ4v) is 3.18. The van der Waals surface area contributed by atoms with Gasteiger partial charge in [0.2, 0.25) is 0 Å². The van der Waals surface area contributed by atoms with E-state index in [0.717, 1.165) is 18.4 Å². The van der Waals surface area contributed by atoms with Gasteiger partial charge in [0, 0.05) is 44.8 Å². The molecule has 9 heteroatoms. The molecule has 6 nitrogen and oxygen atoms in total. The van der Waals surface area contributed by atoms with Gasteiger partial charge < -0.3 is 16.0 Å². The van der Waals surface area contributed by atoms with Crippen molar-refractivity contribution in [1.29, 1.82) is 0 Å². The van der Waals surface area contributed by atoms with Gasteiger partial charge >= 0.3 is 6.18 Å². The average molecular weight is 413 g/mol. The molecule has 1 amide bonds. The highest BCUT2D eigenvalue weighted by Gasteiger charge is 2.34. The molecule has 0 saturated carbocycles. The zero-order valence-electron chi connectivity index (χ0n) is 17.0. The van der Waals surface area contributed by atoms with Gasteiger partial charge in [0.15, 0.2) is 5.96 Å². The first-order valence-corrected chi connectivity index (χ1v) is 9.94. The van der Waals surface area contributed by atoms with E-state index in [-0.39, 0.29) is 11.9 Å². The lowest BCUT2D eigenvalue weighted by Gasteiger charge is -2.20. The van der Waals surface area contributed by atoms with E-state index in [2.05, 4.69) is 27.9 Å². The number of unbranched alkanes of at least 4 members (excludes halogenated alkanes) is 1. The van der Waals surface area contributed by atoms with Crippen LogP contribution in [-0.4, -0.2) is 62.2 Å². The second-order valence-electron chi connectivity index (χ2n) is 7.21. The van der Waals surface area contributed by atoms with Gasteiger partial charge in [-0.25, -0.2) is 0 Å². The topological polar surface area (TPSA) is 68.8 Å². The lowest BCUT2D eigenvalue weighted by molar-refractivity contribution is -0.143. The maximum Gasteiger partial charge on any atom is 0.401 e. The Kier molecular flexibility index (Phi) is 8.75. The zero-order chi connectivity index (χ0) is 21.3. The van der Waals surface area contributed by atoms with E-state index in [1.54, 1.807) is 19.2 Å². The van der Waals surface area contributed by atoms with Crippen molar-refractivity contribution >= 4 is 11.9 Å². The number of hydrogen-bond donors (Lipinski definition) is 3. The van der Waals surface area contributed by atoms with E-state index >= 15 is 0 Å². The molecule has 3 N–H and O–H groups in total. The molecule has 2 rings (SSSR count). The van der Waals surface area contributed by atoms with Gasteiger partial charge in [-0.05, 0) is 30.5 Å². The lowest BCUT2D eigenvalue weighted by Crippen LogP contribution is -2.44. The van der Waals surface area contributed by atoms with Gasteiger partial charge in [0.25, 0.3) is 5.91 Å². The Morgan fingerprint density at radius 1 is 1.24 bits per heavy atom. The second-order valence-corrected chi connectivity index (χ2v) is 7.21. The summed E-state index contributed by atoms with van der Waals surface area (Å²) in [6.45, 7) is 3.11. The molecule has 0 aromatic heterocycles. The van der Waals surface area contributed by atoms with Crippen molar-refractivity contribution in [3.05, 3.63) is 35.4 Å². The maximum absolute atomic E-state index is 12.5. The highest BCUT2D eigenvalue weighted by atomic mass is 19.4. The first kappa shape index (κ1) is 23.0. The molecule has 1 heterocycles. The molecule has 1 aromatic rings. The van der Waals surface area contributed by atoms with Gasteiger partial charge in [0.1, 0.15) is 0 Å². The molecular weight excluding hydrogens is 383 g/mol. The van der Waals surface area contributed by atoms with E-state index in [4.69, 9.17) is 0 Å². The van der Waals surface area contributed by atoms with Crippen molar-refractivity contribution < 1.29 is 18.0 Å². The molecule has 1 unspecified atom stereocenters. The molecule has 29 heavy (non-hydrogen) atoms. The lowest BCUT2D eigenvalue weighted by atomic mass is 10.1. The number of nitrogens with one attached hydrogen (secondary N) is 3. The Bertz CT molecular complexity index is 676. The molecule has 1 fully saturated rings. The summed E-state index contributed by atoms with van der Waals surface area (Å²) in [6, 6.07) is 7.23. The first-order chi connectivity index (χ1) is 13.8. The van der Waals surface area contributed by atoms with E-state index < -0.39 is 12.7 Å². The summed E-state index contributed by atoms with van der Waals surface area (Å²) >= 11 is 0. The summed E-state index contributed by atoms with van der Waals surface area (Å²) < 4.78 is 37.5. The average Bonchev–Trinajstić information content (AvgIpc) is 3.10. The number of hydrogen-bond acceptors (Lipinski definition) is 3. The van der Waals surface area contributed by atoms with Crippen LogP contribution in [0, 0.1) is 0 Å². The number of rotatable bonds is 8. The number of carbonyl (C=O) groups is 1. The molecule has 1 aromatic carbocycles. The summed E-state index contributed by atoms with van der Waals surface area (Å²) in [7, 11) is 1.63. The SMILES string of the molecule is CCCCNC(=O)c1ccc(CNC(=NC)NC2CCN(CC(F)(F)F)C2)cc1. The Balaban J connectivity index is 1.77. The van der Waals surface area contributed by atoms with Crippen LogP contribution in [-0.2, 0) is 6.54 Å². The third-order valence-corrected chi connectivity index (χ3v) is 4.73. The summed E-state index contributed by atoms with van der Waals surface area (Å²) in [5, 5.41) is 9.22. The third kappa shape index (κ3) is 8.31. The van der Waals surface area contributed by atoms with Crippen LogP contribution in [0.4, 0.5) is 13.2 Å². The van der Waals surface area contributed by atoms with Crippen LogP contribution in [0.2, 0.25) is 0 Å². The standard InChI is InChI=1S/C20H30F3N5O/c1-3-4-10-25-18(29)16-7-5-15(6-8-16)12-26-19(24-2)27-17-9-11-28(13-17)14-20(21,22)23/h5-8,17H,3-4,9-14H2,1-2H3,(H,25,29)(H2,24,26,27). The Labute approximate surface area is 169 Å². The highest BCUT2D eigenvalue weighted by molar-refractivity contribution is 5.94. The monoisotopic (exact) mass is 413 g/mol. The van der Waals surface area contributed by atoms with Crippen molar-refractivity contribution in [3.8, 4) is 0 Å². The second kappa shape index (κ2) is 11.0. The fraction of sp³-hybridized carbons (Fsp3) is 0.600. The molecule has 0 spiro atoms. The molecule has 1 saturated heterocycles. The van der Waals surface area contributed by atoms with Crippen LogP contribution < -0.4 is 16.0 Å². The molecule has 162 valence electrons. The summed E-state index contributed by atoms with van der Waals surface area (Å²) in [4.78, 5) is 17.6. The number of aliphatic imine (C=N–C) groups is 1. The van der Waals surface area contributed by atoms with Crippen LogP contribution in [0.15, 0.2) is 29.3 Å². The summed E-state index contributed by atoms with van der Waals surface area (Å²) in [5.74, 6) is 0.463. The predicted octanol–water partition coefficient (Wildman–Crippen LogP) is 2.52. The molecule has 0 aliphatic carbocycles. The summed E-state index contributed by atoms with van der Waals surface area (Å²) in [5.41, 5.74) is 1.59. The molecular formula is C20H30F3N5O. The molecule has 1 aliphatic heterocycles. The third-order valence-electron chi connectivity index (χ3n) is 4.73. The van der Waals surface area contributed by atoms with E-state index in [1.165, 1.54) is 4.90 Å². The predicted molar refractivity (Wildman–Crippen MR) is 108 cm³/mol. The molecule has 1 atom stereocenters. The number of likely N-dealkylation sites (tertiary alicyclic amines) is 1. The van der Waals surface area contributed by atoms with E-state index in [9.17, 15) is 18.0 Å². The van der Waals surface area contributed by atoms with Crippen molar-refractivity contribution in [1.82, 2.24) is 20.9 Å². The van der Waals surface area contributed by atoms with Crippen LogP contribution in [0.1, 0.15) is 42.1 Å². The Morgan fingerprint density at radius 2 is 1.97 bits per heavy atom. The fourth-order valence-electron chi connectivity index (χ4n) is 3.18. The number of nitrogens with zero attached hydrogens (tertiary/aromatic N) is 2. The Hall–Kier alpha value is -2.29. The van der Waals surface area contributed by atoms with Gasteiger partial charge in [-0.3, -0.25) is 14.7 Å². The number of amides is 1. The van der Waals surface area contributed by atoms with Crippen LogP contribution in [0.5, 0.6) is 0 Å². The molecule has 1 aliphatic rings. The number of halogens is 3. The van der Waals surface area contributed by atoms with E-state index in [0.29, 0.717) is 44.1 Å². The molecule has 0 radical (unpaired) electrons. The van der Waals surface area contributed by atoms with Gasteiger partial charge in [-0.2, -0.15) is 13.2 Å². The number of guanidine groups is 1. The minimum absolute atomic E-state index is 0.0715. The largest absolute Gasteiger partial charge is 0.401 e. The van der Waals surface area contributed by atoms with Gasteiger partial charge in [-0.15, -0.1) is 0 Å². The normalized spacial score (nSPS) is 18.0. The number of carbonyl (C=O) groups excluding carboxylic acids is 1. The zero-order valence-corrected chi connectivity index (χ0v) is 17.0. The maximum atomic E-state index is 12.5. The minimum atomic E-state index is -4.17. The van der Waals surface area contributed by atoms with E-state index in [1.807, 2.05) is 12.1 Å². The Morgan fingerprint density at radius 3 is 2.59 bits per heavy atom. The highest BCUT2D eigenvalue weighted by Crippen LogP contribution is 2.19. The van der Waals surface area contributed by atoms with Crippen molar-refractivity contribution in [3.63, 3.8) is 0 Å². The van der Waals surface area contributed by atoms with Crippen molar-refractivity contribution in [2.45, 2.75) is 44.9 Å². The van der Waals surface area contributed by atoms with Crippen LogP contribution in [0.3, 0.4) is 0 Å². The number of alkyl halides is 3. The molecule has 0 bridgehead atoms.